The molecule has 3 heterocycles. The normalized spacial score (nSPS) is 45.0. The molecule has 0 bridgehead atoms. The molecule has 0 aromatic heterocycles. The van der Waals surface area contributed by atoms with Crippen LogP contribution in [-0.2, 0) is 28.4 Å². The van der Waals surface area contributed by atoms with Crippen LogP contribution in [0.5, 0.6) is 0 Å². The van der Waals surface area contributed by atoms with E-state index in [9.17, 15) is 46.0 Å². The Labute approximate surface area is 232 Å². The molecule has 0 unspecified atom stereocenters. The van der Waals surface area contributed by atoms with Crippen LogP contribution in [0.4, 0.5) is 0 Å². The molecule has 3 fully saturated rings. The van der Waals surface area contributed by atoms with E-state index in [1.54, 1.807) is 0 Å². The maximum Gasteiger partial charge on any atom is 0.187 e. The molecule has 0 aromatic rings. The highest BCUT2D eigenvalue weighted by Gasteiger charge is 2.53. The third-order valence-electron chi connectivity index (χ3n) is 7.45. The topological polar surface area (TPSA) is 237 Å². The Hall–Kier alpha value is -0.860. The van der Waals surface area contributed by atoms with E-state index in [1.165, 1.54) is 6.08 Å². The minimum atomic E-state index is -1.93. The Kier molecular flexibility index (Phi) is 12.7. The molecule has 0 radical (unpaired) electrons. The van der Waals surface area contributed by atoms with E-state index < -0.39 is 112 Å². The van der Waals surface area contributed by atoms with E-state index in [2.05, 4.69) is 6.58 Å². The fourth-order valence-corrected chi connectivity index (χ4v) is 4.77. The average Bonchev–Trinajstić information content (AvgIpc) is 3.24. The van der Waals surface area contributed by atoms with Gasteiger partial charge in [-0.25, -0.2) is 0 Å². The minimum absolute atomic E-state index is 0.397. The number of aliphatic hydroxyl groups is 9. The number of rotatable bonds is 14. The van der Waals surface area contributed by atoms with E-state index >= 15 is 0 Å². The summed E-state index contributed by atoms with van der Waals surface area (Å²) in [5, 5.41) is 91.7. The van der Waals surface area contributed by atoms with Gasteiger partial charge < -0.3 is 74.4 Å². The maximum absolute atomic E-state index is 11.0. The van der Waals surface area contributed by atoms with E-state index in [0.29, 0.717) is 6.42 Å². The van der Waals surface area contributed by atoms with Gasteiger partial charge in [-0.3, -0.25) is 0 Å². The van der Waals surface area contributed by atoms with Gasteiger partial charge in [0.05, 0.1) is 32.5 Å². The van der Waals surface area contributed by atoms with E-state index in [4.69, 9.17) is 28.4 Å². The summed E-state index contributed by atoms with van der Waals surface area (Å²) in [5.74, 6) is 0. The first kappa shape index (κ1) is 33.6. The summed E-state index contributed by atoms with van der Waals surface area (Å²) in [7, 11) is 0. The standard InChI is InChI=1S/C25H44O15/c1-3-5-6-7-12(4-2)37-23-20(40-22-19(32)17(30)15(28)13(8-26)38-22)18(31)16(29)14(39-23)9-35-24-21(33)25(34,10-27)11-36-24/h4,12-24,26-34H,2-3,5-11H2,1H3/t12-,13+,14+,15+,16+,17-,18-,19+,20+,21-,22-,23+,24+,25+/m0/s1. The third kappa shape index (κ3) is 7.55. The third-order valence-corrected chi connectivity index (χ3v) is 7.45. The fraction of sp³-hybridized carbons (Fsp3) is 0.920. The predicted molar refractivity (Wildman–Crippen MR) is 132 cm³/mol. The average molecular weight is 585 g/mol. The second-order valence-corrected chi connectivity index (χ2v) is 10.4. The quantitative estimate of drug-likeness (QED) is 0.0704. The molecule has 3 rings (SSSR count). The Morgan fingerprint density at radius 1 is 0.900 bits per heavy atom. The Bertz CT molecular complexity index is 772. The molecule has 0 amide bonds. The number of unbranched alkanes of at least 4 members (excludes halogenated alkanes) is 2. The van der Waals surface area contributed by atoms with Crippen molar-refractivity contribution in [2.45, 2.75) is 118 Å². The summed E-state index contributed by atoms with van der Waals surface area (Å²) in [4.78, 5) is 0. The molecule has 40 heavy (non-hydrogen) atoms. The zero-order valence-electron chi connectivity index (χ0n) is 22.4. The Balaban J connectivity index is 1.75. The van der Waals surface area contributed by atoms with Gasteiger partial charge in [0.25, 0.3) is 0 Å². The lowest BCUT2D eigenvalue weighted by Crippen LogP contribution is -2.65. The van der Waals surface area contributed by atoms with Crippen LogP contribution in [0.1, 0.15) is 32.6 Å². The van der Waals surface area contributed by atoms with Crippen LogP contribution in [0, 0.1) is 0 Å². The molecule has 3 aliphatic rings. The summed E-state index contributed by atoms with van der Waals surface area (Å²) < 4.78 is 33.7. The molecular formula is C25H44O15. The van der Waals surface area contributed by atoms with Crippen LogP contribution in [0.25, 0.3) is 0 Å². The van der Waals surface area contributed by atoms with Crippen LogP contribution in [0.15, 0.2) is 12.7 Å². The molecule has 0 aliphatic carbocycles. The minimum Gasteiger partial charge on any atom is -0.394 e. The molecule has 234 valence electrons. The lowest BCUT2D eigenvalue weighted by atomic mass is 9.97. The van der Waals surface area contributed by atoms with Crippen molar-refractivity contribution in [1.29, 1.82) is 0 Å². The lowest BCUT2D eigenvalue weighted by molar-refractivity contribution is -0.372. The van der Waals surface area contributed by atoms with Crippen molar-refractivity contribution in [3.63, 3.8) is 0 Å². The highest BCUT2D eigenvalue weighted by molar-refractivity contribution is 4.96. The van der Waals surface area contributed by atoms with Gasteiger partial charge in [0.15, 0.2) is 18.9 Å². The molecule has 15 heteroatoms. The first-order chi connectivity index (χ1) is 19.0. The smallest absolute Gasteiger partial charge is 0.187 e. The summed E-state index contributed by atoms with van der Waals surface area (Å²) in [6, 6.07) is 0. The SMILES string of the molecule is C=C[C@@H](CCCCC)O[C@@H]1O[C@H](CO[C@@H]2OC[C@](O)(CO)[C@H]2O)[C@@H](O)[C@H](O)[C@H]1O[C@@H]1O[C@H](CO)[C@@H](O)[C@H](O)[C@H]1O. The first-order valence-corrected chi connectivity index (χ1v) is 13.5. The van der Waals surface area contributed by atoms with Crippen LogP contribution < -0.4 is 0 Å². The maximum atomic E-state index is 11.0. The molecule has 0 aromatic carbocycles. The van der Waals surface area contributed by atoms with Crippen LogP contribution in [0.3, 0.4) is 0 Å². The Morgan fingerprint density at radius 2 is 1.57 bits per heavy atom. The molecule has 3 saturated heterocycles. The largest absolute Gasteiger partial charge is 0.394 e. The number of hydrogen-bond donors (Lipinski definition) is 9. The summed E-state index contributed by atoms with van der Waals surface area (Å²) >= 11 is 0. The first-order valence-electron chi connectivity index (χ1n) is 13.5. The van der Waals surface area contributed by atoms with E-state index in [-0.39, 0.29) is 0 Å². The van der Waals surface area contributed by atoms with Crippen LogP contribution in [-0.4, -0.2) is 158 Å². The highest BCUT2D eigenvalue weighted by atomic mass is 16.8. The Morgan fingerprint density at radius 3 is 2.17 bits per heavy atom. The van der Waals surface area contributed by atoms with Crippen molar-refractivity contribution >= 4 is 0 Å². The second kappa shape index (κ2) is 15.0. The lowest BCUT2D eigenvalue weighted by Gasteiger charge is -2.46. The van der Waals surface area contributed by atoms with Crippen molar-refractivity contribution in [3.8, 4) is 0 Å². The van der Waals surface area contributed by atoms with E-state index in [0.717, 1.165) is 19.3 Å². The van der Waals surface area contributed by atoms with Crippen molar-refractivity contribution in [1.82, 2.24) is 0 Å². The molecule has 15 nitrogen and oxygen atoms in total. The second-order valence-electron chi connectivity index (χ2n) is 10.4. The van der Waals surface area contributed by atoms with Gasteiger partial charge in [0.1, 0.15) is 60.5 Å². The monoisotopic (exact) mass is 584 g/mol. The van der Waals surface area contributed by atoms with Gasteiger partial charge in [0, 0.05) is 0 Å². The summed E-state index contributed by atoms with van der Waals surface area (Å²) in [6.07, 6.45) is -14.4. The van der Waals surface area contributed by atoms with Crippen molar-refractivity contribution in [2.75, 3.05) is 26.4 Å². The van der Waals surface area contributed by atoms with Crippen LogP contribution >= 0.6 is 0 Å². The summed E-state index contributed by atoms with van der Waals surface area (Å²) in [5.41, 5.74) is -1.93. The van der Waals surface area contributed by atoms with E-state index in [1.807, 2.05) is 6.92 Å². The number of ether oxygens (including phenoxy) is 6. The zero-order valence-corrected chi connectivity index (χ0v) is 22.4. The predicted octanol–water partition coefficient (Wildman–Crippen LogP) is -3.77. The molecule has 0 spiro atoms. The van der Waals surface area contributed by atoms with Crippen molar-refractivity contribution in [3.05, 3.63) is 12.7 Å². The van der Waals surface area contributed by atoms with Gasteiger partial charge in [-0.05, 0) is 6.42 Å². The summed E-state index contributed by atoms with van der Waals surface area (Å²) in [6.45, 7) is 3.49. The van der Waals surface area contributed by atoms with Gasteiger partial charge in [0.2, 0.25) is 0 Å². The van der Waals surface area contributed by atoms with Gasteiger partial charge in [-0.2, -0.15) is 0 Å². The highest BCUT2D eigenvalue weighted by Crippen LogP contribution is 2.32. The zero-order chi connectivity index (χ0) is 29.6. The van der Waals surface area contributed by atoms with Crippen molar-refractivity contribution < 1.29 is 74.4 Å². The number of aliphatic hydroxyl groups excluding tert-OH is 8. The van der Waals surface area contributed by atoms with Crippen LogP contribution in [0.2, 0.25) is 0 Å². The van der Waals surface area contributed by atoms with Gasteiger partial charge >= 0.3 is 0 Å². The molecule has 3 aliphatic heterocycles. The van der Waals surface area contributed by atoms with Crippen molar-refractivity contribution in [2.24, 2.45) is 0 Å². The molecule has 0 saturated carbocycles. The molecule has 9 N–H and O–H groups in total. The van der Waals surface area contributed by atoms with Gasteiger partial charge in [-0.15, -0.1) is 6.58 Å². The number of hydrogen-bond acceptors (Lipinski definition) is 15. The fourth-order valence-electron chi connectivity index (χ4n) is 4.77. The van der Waals surface area contributed by atoms with Gasteiger partial charge in [-0.1, -0.05) is 32.3 Å². The molecular weight excluding hydrogens is 540 g/mol. The molecule has 14 atom stereocenters.